The summed E-state index contributed by atoms with van der Waals surface area (Å²) in [6.07, 6.45) is 0. The minimum absolute atomic E-state index is 0.0665. The molecule has 0 fully saturated rings. The second kappa shape index (κ2) is 8.33. The Hall–Kier alpha value is -2.88. The van der Waals surface area contributed by atoms with E-state index in [9.17, 15) is 0 Å². The van der Waals surface area contributed by atoms with Gasteiger partial charge in [0.05, 0.1) is 5.69 Å². The molecule has 0 bridgehead atoms. The van der Waals surface area contributed by atoms with Crippen molar-refractivity contribution in [2.75, 3.05) is 4.90 Å². The summed E-state index contributed by atoms with van der Waals surface area (Å²) in [5.41, 5.74) is 10.4. The number of rotatable bonds is 3. The van der Waals surface area contributed by atoms with E-state index in [1.54, 1.807) is 0 Å². The van der Waals surface area contributed by atoms with Crippen molar-refractivity contribution >= 4 is 54.4 Å². The summed E-state index contributed by atoms with van der Waals surface area (Å²) < 4.78 is 2.44. The summed E-state index contributed by atoms with van der Waals surface area (Å²) in [4.78, 5) is 2.43. The Morgan fingerprint density at radius 1 is 0.750 bits per heavy atom. The molecule has 4 aromatic carbocycles. The predicted octanol–water partition coefficient (Wildman–Crippen LogP) is 10.7. The first kappa shape index (κ1) is 23.5. The van der Waals surface area contributed by atoms with Crippen molar-refractivity contribution in [3.63, 3.8) is 0 Å². The van der Waals surface area contributed by atoms with Gasteiger partial charge in [0.15, 0.2) is 0 Å². The number of hydrogen-bond acceptors (Lipinski definition) is 2. The summed E-state index contributed by atoms with van der Waals surface area (Å²) in [6, 6.07) is 31.5. The maximum absolute atomic E-state index is 3.69. The first-order chi connectivity index (χ1) is 17.1. The van der Waals surface area contributed by atoms with E-state index in [2.05, 4.69) is 146 Å². The molecule has 3 heteroatoms. The van der Waals surface area contributed by atoms with Crippen LogP contribution in [0.25, 0.3) is 21.2 Å². The van der Waals surface area contributed by atoms with Gasteiger partial charge in [-0.3, -0.25) is 0 Å². The normalized spacial score (nSPS) is 14.1. The van der Waals surface area contributed by atoms with Gasteiger partial charge in [-0.2, -0.15) is 0 Å². The maximum atomic E-state index is 3.69. The van der Waals surface area contributed by atoms with Crippen molar-refractivity contribution in [3.05, 3.63) is 111 Å². The molecule has 0 N–H and O–H groups in total. The van der Waals surface area contributed by atoms with Gasteiger partial charge in [0.25, 0.3) is 0 Å². The average molecular weight is 553 g/mol. The van der Waals surface area contributed by atoms with Crippen molar-refractivity contribution in [2.24, 2.45) is 0 Å². The van der Waals surface area contributed by atoms with Crippen molar-refractivity contribution < 1.29 is 0 Å². The largest absolute Gasteiger partial charge is 0.309 e. The molecule has 0 saturated carbocycles. The zero-order valence-corrected chi connectivity index (χ0v) is 23.8. The summed E-state index contributed by atoms with van der Waals surface area (Å²) in [5.74, 6) is 0. The fraction of sp³-hybridized carbons (Fsp3) is 0.212. The van der Waals surface area contributed by atoms with Crippen LogP contribution in [0.3, 0.4) is 0 Å². The molecule has 36 heavy (non-hydrogen) atoms. The molecule has 0 atom stereocenters. The molecule has 1 aliphatic carbocycles. The van der Waals surface area contributed by atoms with Gasteiger partial charge < -0.3 is 4.90 Å². The number of thiophene rings is 1. The van der Waals surface area contributed by atoms with Crippen molar-refractivity contribution in [1.82, 2.24) is 0 Å². The lowest BCUT2D eigenvalue weighted by Gasteiger charge is -2.28. The maximum Gasteiger partial charge on any atom is 0.0647 e. The van der Waals surface area contributed by atoms with Crippen LogP contribution in [0.1, 0.15) is 51.3 Å². The highest BCUT2D eigenvalue weighted by Gasteiger charge is 2.36. The molecular formula is C33H30BrNS. The Labute approximate surface area is 226 Å². The van der Waals surface area contributed by atoms with Crippen molar-refractivity contribution in [1.29, 1.82) is 0 Å². The molecule has 1 aromatic heterocycles. The standard InChI is InChI=1S/C33H30BrNS/c1-32(2,3)21-10-13-23(14-11-21)35(30-20-36-31-9-7-6-8-27(30)31)24-15-17-26-25-16-12-22(34)18-28(25)33(4,5)29(26)19-24/h6-20H,1-5H3. The predicted molar refractivity (Wildman–Crippen MR) is 160 cm³/mol. The van der Waals surface area contributed by atoms with Crippen molar-refractivity contribution in [3.8, 4) is 11.1 Å². The number of nitrogens with zero attached hydrogens (tertiary/aromatic N) is 1. The van der Waals surface area contributed by atoms with E-state index in [4.69, 9.17) is 0 Å². The Balaban J connectivity index is 1.55. The van der Waals surface area contributed by atoms with Gasteiger partial charge in [0.2, 0.25) is 0 Å². The molecule has 0 unspecified atom stereocenters. The molecule has 0 saturated heterocycles. The highest BCUT2D eigenvalue weighted by molar-refractivity contribution is 9.10. The number of halogens is 1. The van der Waals surface area contributed by atoms with Crippen LogP contribution >= 0.6 is 27.3 Å². The highest BCUT2D eigenvalue weighted by atomic mass is 79.9. The molecule has 180 valence electrons. The van der Waals surface area contributed by atoms with Gasteiger partial charge in [-0.15, -0.1) is 11.3 Å². The number of anilines is 3. The van der Waals surface area contributed by atoms with E-state index in [1.165, 1.54) is 55.0 Å². The van der Waals surface area contributed by atoms with E-state index >= 15 is 0 Å². The Morgan fingerprint density at radius 2 is 1.39 bits per heavy atom. The van der Waals surface area contributed by atoms with Crippen LogP contribution in [-0.4, -0.2) is 0 Å². The molecule has 0 aliphatic heterocycles. The number of fused-ring (bicyclic) bond motifs is 4. The molecular weight excluding hydrogens is 522 g/mol. The zero-order chi connectivity index (χ0) is 25.2. The van der Waals surface area contributed by atoms with Gasteiger partial charge in [-0.05, 0) is 75.7 Å². The Bertz CT molecular complexity index is 1600. The van der Waals surface area contributed by atoms with Gasteiger partial charge in [0.1, 0.15) is 0 Å². The van der Waals surface area contributed by atoms with Crippen LogP contribution in [0.2, 0.25) is 0 Å². The number of benzene rings is 4. The molecule has 1 heterocycles. The minimum Gasteiger partial charge on any atom is -0.309 e. The Morgan fingerprint density at radius 3 is 2.11 bits per heavy atom. The van der Waals surface area contributed by atoms with Gasteiger partial charge in [0, 0.05) is 36.7 Å². The molecule has 0 spiro atoms. The molecule has 0 amide bonds. The smallest absolute Gasteiger partial charge is 0.0647 e. The lowest BCUT2D eigenvalue weighted by molar-refractivity contribution is 0.590. The number of hydrogen-bond donors (Lipinski definition) is 0. The summed E-state index contributed by atoms with van der Waals surface area (Å²) in [7, 11) is 0. The van der Waals surface area contributed by atoms with Crippen LogP contribution in [-0.2, 0) is 10.8 Å². The zero-order valence-electron chi connectivity index (χ0n) is 21.4. The average Bonchev–Trinajstić information content (AvgIpc) is 3.36. The van der Waals surface area contributed by atoms with E-state index in [0.717, 1.165) is 4.47 Å². The van der Waals surface area contributed by atoms with Gasteiger partial charge in [-0.1, -0.05) is 93.0 Å². The molecule has 1 nitrogen and oxygen atoms in total. The van der Waals surface area contributed by atoms with Crippen LogP contribution < -0.4 is 4.90 Å². The SMILES string of the molecule is CC(C)(C)c1ccc(N(c2ccc3c(c2)C(C)(C)c2cc(Br)ccc2-3)c2csc3ccccc23)cc1. The quantitative estimate of drug-likeness (QED) is 0.215. The van der Waals surface area contributed by atoms with Gasteiger partial charge >= 0.3 is 0 Å². The van der Waals surface area contributed by atoms with E-state index < -0.39 is 0 Å². The second-order valence-electron chi connectivity index (χ2n) is 11.3. The molecule has 1 aliphatic rings. The summed E-state index contributed by atoms with van der Waals surface area (Å²) >= 11 is 5.50. The van der Waals surface area contributed by atoms with E-state index in [-0.39, 0.29) is 10.8 Å². The second-order valence-corrected chi connectivity index (χ2v) is 13.1. The first-order valence-electron chi connectivity index (χ1n) is 12.5. The lowest BCUT2D eigenvalue weighted by atomic mass is 9.82. The van der Waals surface area contributed by atoms with E-state index in [0.29, 0.717) is 0 Å². The van der Waals surface area contributed by atoms with Crippen LogP contribution in [0.4, 0.5) is 17.1 Å². The molecule has 0 radical (unpaired) electrons. The summed E-state index contributed by atoms with van der Waals surface area (Å²) in [6.45, 7) is 11.5. The monoisotopic (exact) mass is 551 g/mol. The van der Waals surface area contributed by atoms with Crippen LogP contribution in [0.15, 0.2) is 94.8 Å². The highest BCUT2D eigenvalue weighted by Crippen LogP contribution is 2.52. The lowest BCUT2D eigenvalue weighted by Crippen LogP contribution is -2.17. The third-order valence-electron chi connectivity index (χ3n) is 7.57. The Kier molecular flexibility index (Phi) is 5.44. The molecule has 6 rings (SSSR count). The molecule has 5 aromatic rings. The van der Waals surface area contributed by atoms with E-state index in [1.807, 2.05) is 11.3 Å². The first-order valence-corrected chi connectivity index (χ1v) is 14.1. The third kappa shape index (κ3) is 3.72. The van der Waals surface area contributed by atoms with Crippen molar-refractivity contribution in [2.45, 2.75) is 45.4 Å². The topological polar surface area (TPSA) is 3.24 Å². The van der Waals surface area contributed by atoms with Crippen LogP contribution in [0.5, 0.6) is 0 Å². The summed E-state index contributed by atoms with van der Waals surface area (Å²) in [5, 5.41) is 3.58. The third-order valence-corrected chi connectivity index (χ3v) is 9.02. The minimum atomic E-state index is -0.0665. The van der Waals surface area contributed by atoms with Gasteiger partial charge in [-0.25, -0.2) is 0 Å². The fourth-order valence-electron chi connectivity index (χ4n) is 5.51. The van der Waals surface area contributed by atoms with Crippen LogP contribution in [0, 0.1) is 0 Å². The fourth-order valence-corrected chi connectivity index (χ4v) is 6.80.